The van der Waals surface area contributed by atoms with Crippen LogP contribution in [0.25, 0.3) is 11.3 Å². The molecule has 3 rings (SSSR count). The van der Waals surface area contributed by atoms with Gasteiger partial charge in [-0.25, -0.2) is 10.4 Å². The molecule has 1 aromatic heterocycles. The molecule has 0 aliphatic rings. The summed E-state index contributed by atoms with van der Waals surface area (Å²) in [7, 11) is 3.21. The molecule has 0 aliphatic heterocycles. The highest BCUT2D eigenvalue weighted by Gasteiger charge is 2.08. The Morgan fingerprint density at radius 2 is 1.86 bits per heavy atom. The maximum absolute atomic E-state index is 5.51. The van der Waals surface area contributed by atoms with Gasteiger partial charge in [-0.15, -0.1) is 5.10 Å². The molecule has 2 aromatic carbocycles. The zero-order chi connectivity index (χ0) is 19.8. The van der Waals surface area contributed by atoms with Gasteiger partial charge in [0.2, 0.25) is 0 Å². The first-order valence-electron chi connectivity index (χ1n) is 8.68. The molecule has 8 heteroatoms. The van der Waals surface area contributed by atoms with E-state index < -0.39 is 0 Å². The number of nitrogens with zero attached hydrogens (tertiary/aromatic N) is 4. The number of ether oxygens (including phenoxy) is 3. The Morgan fingerprint density at radius 1 is 1.04 bits per heavy atom. The van der Waals surface area contributed by atoms with Crippen molar-refractivity contribution in [1.29, 1.82) is 0 Å². The van der Waals surface area contributed by atoms with E-state index in [0.29, 0.717) is 29.5 Å². The maximum Gasteiger partial charge on any atom is 0.263 e. The molecule has 0 saturated carbocycles. The van der Waals surface area contributed by atoms with E-state index in [2.05, 4.69) is 25.7 Å². The Labute approximate surface area is 163 Å². The van der Waals surface area contributed by atoms with Crippen LogP contribution in [0.3, 0.4) is 0 Å². The molecule has 8 nitrogen and oxygen atoms in total. The molecule has 0 saturated heterocycles. The van der Waals surface area contributed by atoms with Crippen LogP contribution in [0.15, 0.2) is 53.8 Å². The van der Waals surface area contributed by atoms with Gasteiger partial charge in [-0.05, 0) is 42.8 Å². The van der Waals surface area contributed by atoms with E-state index in [1.54, 1.807) is 26.6 Å². The van der Waals surface area contributed by atoms with Crippen molar-refractivity contribution in [2.45, 2.75) is 6.92 Å². The number of rotatable bonds is 8. The number of benzene rings is 2. The van der Waals surface area contributed by atoms with E-state index in [-0.39, 0.29) is 5.95 Å². The maximum atomic E-state index is 5.51. The van der Waals surface area contributed by atoms with Crippen molar-refractivity contribution in [2.75, 3.05) is 26.3 Å². The number of nitrogens with one attached hydrogen (secondary N) is 1. The number of methoxy groups -OCH3 is 2. The first-order valence-corrected chi connectivity index (χ1v) is 8.68. The highest BCUT2D eigenvalue weighted by Crippen LogP contribution is 2.28. The Bertz CT molecular complexity index is 962. The van der Waals surface area contributed by atoms with Gasteiger partial charge >= 0.3 is 0 Å². The smallest absolute Gasteiger partial charge is 0.263 e. The predicted molar refractivity (Wildman–Crippen MR) is 107 cm³/mol. The molecule has 0 radical (unpaired) electrons. The van der Waals surface area contributed by atoms with Crippen LogP contribution in [0.4, 0.5) is 5.95 Å². The van der Waals surface area contributed by atoms with Crippen molar-refractivity contribution in [3.8, 4) is 28.5 Å². The molecule has 0 unspecified atom stereocenters. The van der Waals surface area contributed by atoms with Crippen LogP contribution in [0.5, 0.6) is 17.2 Å². The van der Waals surface area contributed by atoms with Crippen LogP contribution in [-0.2, 0) is 0 Å². The molecule has 1 N–H and O–H groups in total. The SMILES string of the molecule is CCOc1ccc(/C=N\Nc2nncc(-c3ccccc3OC)n2)cc1OC. The Morgan fingerprint density at radius 3 is 2.64 bits per heavy atom. The number of anilines is 1. The highest BCUT2D eigenvalue weighted by molar-refractivity contribution is 5.81. The molecule has 144 valence electrons. The summed E-state index contributed by atoms with van der Waals surface area (Å²) in [6, 6.07) is 13.1. The molecule has 0 bridgehead atoms. The molecule has 0 fully saturated rings. The minimum Gasteiger partial charge on any atom is -0.496 e. The van der Waals surface area contributed by atoms with Crippen LogP contribution in [0.2, 0.25) is 0 Å². The van der Waals surface area contributed by atoms with E-state index in [1.807, 2.05) is 49.4 Å². The second kappa shape index (κ2) is 9.31. The summed E-state index contributed by atoms with van der Waals surface area (Å²) < 4.78 is 16.2. The summed E-state index contributed by atoms with van der Waals surface area (Å²) in [5, 5.41) is 12.1. The lowest BCUT2D eigenvalue weighted by Gasteiger charge is -2.09. The van der Waals surface area contributed by atoms with E-state index in [0.717, 1.165) is 11.1 Å². The number of hydrogen-bond donors (Lipinski definition) is 1. The highest BCUT2D eigenvalue weighted by atomic mass is 16.5. The van der Waals surface area contributed by atoms with Gasteiger partial charge in [0.15, 0.2) is 11.5 Å². The molecule has 0 atom stereocenters. The monoisotopic (exact) mass is 379 g/mol. The Hall–Kier alpha value is -3.68. The normalized spacial score (nSPS) is 10.7. The molecule has 3 aromatic rings. The van der Waals surface area contributed by atoms with E-state index in [4.69, 9.17) is 14.2 Å². The minimum atomic E-state index is 0.276. The number of para-hydroxylation sites is 1. The van der Waals surface area contributed by atoms with Crippen molar-refractivity contribution in [1.82, 2.24) is 15.2 Å². The van der Waals surface area contributed by atoms with Crippen LogP contribution in [-0.4, -0.2) is 42.2 Å². The average molecular weight is 379 g/mol. The van der Waals surface area contributed by atoms with Crippen molar-refractivity contribution in [2.24, 2.45) is 5.10 Å². The van der Waals surface area contributed by atoms with Crippen molar-refractivity contribution >= 4 is 12.2 Å². The third-order valence-corrected chi connectivity index (χ3v) is 3.81. The summed E-state index contributed by atoms with van der Waals surface area (Å²) in [4.78, 5) is 4.43. The first kappa shape index (κ1) is 19.1. The van der Waals surface area contributed by atoms with Gasteiger partial charge in [0.25, 0.3) is 5.95 Å². The van der Waals surface area contributed by atoms with Gasteiger partial charge in [0, 0.05) is 5.56 Å². The third kappa shape index (κ3) is 4.53. The minimum absolute atomic E-state index is 0.276. The van der Waals surface area contributed by atoms with Gasteiger partial charge in [0.05, 0.1) is 38.9 Å². The largest absolute Gasteiger partial charge is 0.496 e. The van der Waals surface area contributed by atoms with E-state index in [9.17, 15) is 0 Å². The van der Waals surface area contributed by atoms with Gasteiger partial charge in [-0.1, -0.05) is 12.1 Å². The second-order valence-corrected chi connectivity index (χ2v) is 5.58. The Balaban J connectivity index is 1.75. The summed E-state index contributed by atoms with van der Waals surface area (Å²) in [5.74, 6) is 2.31. The van der Waals surface area contributed by atoms with Crippen LogP contribution in [0.1, 0.15) is 12.5 Å². The van der Waals surface area contributed by atoms with Gasteiger partial charge in [0.1, 0.15) is 5.75 Å². The molecule has 1 heterocycles. The first-order chi connectivity index (χ1) is 13.7. The standard InChI is InChI=1S/C20H21N5O3/c1-4-28-18-10-9-14(11-19(18)27-3)12-21-24-20-23-16(13-22-25-20)15-7-5-6-8-17(15)26-2/h5-13H,4H2,1-3H3,(H,23,24,25)/b21-12-. The lowest BCUT2D eigenvalue weighted by atomic mass is 10.1. The van der Waals surface area contributed by atoms with Gasteiger partial charge in [-0.2, -0.15) is 10.2 Å². The fraction of sp³-hybridized carbons (Fsp3) is 0.200. The zero-order valence-corrected chi connectivity index (χ0v) is 15.9. The van der Waals surface area contributed by atoms with E-state index in [1.165, 1.54) is 0 Å². The quantitative estimate of drug-likeness (QED) is 0.474. The summed E-state index contributed by atoms with van der Waals surface area (Å²) in [5.41, 5.74) is 5.08. The zero-order valence-electron chi connectivity index (χ0n) is 15.9. The van der Waals surface area contributed by atoms with Crippen LogP contribution in [0, 0.1) is 0 Å². The summed E-state index contributed by atoms with van der Waals surface area (Å²) in [6.45, 7) is 2.49. The van der Waals surface area contributed by atoms with Crippen molar-refractivity contribution < 1.29 is 14.2 Å². The lowest BCUT2D eigenvalue weighted by molar-refractivity contribution is 0.311. The van der Waals surface area contributed by atoms with Crippen LogP contribution < -0.4 is 19.6 Å². The van der Waals surface area contributed by atoms with Crippen molar-refractivity contribution in [3.05, 3.63) is 54.2 Å². The van der Waals surface area contributed by atoms with Crippen LogP contribution >= 0.6 is 0 Å². The van der Waals surface area contributed by atoms with Gasteiger partial charge < -0.3 is 14.2 Å². The third-order valence-electron chi connectivity index (χ3n) is 3.81. The molecule has 0 aliphatic carbocycles. The Kier molecular flexibility index (Phi) is 6.35. The summed E-state index contributed by atoms with van der Waals surface area (Å²) >= 11 is 0. The lowest BCUT2D eigenvalue weighted by Crippen LogP contribution is -2.01. The van der Waals surface area contributed by atoms with E-state index >= 15 is 0 Å². The molecule has 0 amide bonds. The average Bonchev–Trinajstić information content (AvgIpc) is 2.75. The van der Waals surface area contributed by atoms with Crippen molar-refractivity contribution in [3.63, 3.8) is 0 Å². The fourth-order valence-electron chi connectivity index (χ4n) is 2.54. The molecular weight excluding hydrogens is 358 g/mol. The molecular formula is C20H21N5O3. The number of hydrazone groups is 1. The second-order valence-electron chi connectivity index (χ2n) is 5.58. The fourth-order valence-corrected chi connectivity index (χ4v) is 2.54. The summed E-state index contributed by atoms with van der Waals surface area (Å²) in [6.07, 6.45) is 3.21. The molecule has 28 heavy (non-hydrogen) atoms. The predicted octanol–water partition coefficient (Wildman–Crippen LogP) is 3.40. The topological polar surface area (TPSA) is 90.8 Å². The number of aromatic nitrogens is 3. The molecule has 0 spiro atoms. The van der Waals surface area contributed by atoms with Gasteiger partial charge in [-0.3, -0.25) is 0 Å². The number of hydrogen-bond acceptors (Lipinski definition) is 8.